The average molecular weight is 382 g/mol. The van der Waals surface area contributed by atoms with E-state index in [0.717, 1.165) is 51.4 Å². The Morgan fingerprint density at radius 3 is 2.70 bits per heavy atom. The van der Waals surface area contributed by atoms with Crippen LogP contribution in [0.4, 0.5) is 0 Å². The molecule has 1 heterocycles. The predicted octanol–water partition coefficient (Wildman–Crippen LogP) is 3.29. The van der Waals surface area contributed by atoms with Gasteiger partial charge in [0.05, 0.1) is 24.4 Å². The summed E-state index contributed by atoms with van der Waals surface area (Å²) < 4.78 is 6.18. The first-order chi connectivity index (χ1) is 12.9. The molecule has 1 saturated heterocycles. The third-order valence-corrected chi connectivity index (χ3v) is 6.12. The van der Waals surface area contributed by atoms with Crippen molar-refractivity contribution in [3.63, 3.8) is 0 Å². The van der Waals surface area contributed by atoms with E-state index in [0.29, 0.717) is 18.8 Å². The lowest BCUT2D eigenvalue weighted by Crippen LogP contribution is -2.21. The van der Waals surface area contributed by atoms with Gasteiger partial charge in [0.1, 0.15) is 0 Å². The van der Waals surface area contributed by atoms with Crippen molar-refractivity contribution in [2.45, 2.75) is 95.5 Å². The van der Waals surface area contributed by atoms with Crippen LogP contribution in [-0.4, -0.2) is 59.5 Å². The molecule has 0 bridgehead atoms. The van der Waals surface area contributed by atoms with E-state index < -0.39 is 6.10 Å². The zero-order chi connectivity index (χ0) is 19.8. The zero-order valence-electron chi connectivity index (χ0n) is 17.3. The van der Waals surface area contributed by atoms with Crippen LogP contribution in [-0.2, 0) is 9.53 Å². The van der Waals surface area contributed by atoms with Crippen LogP contribution in [0.1, 0.15) is 71.1 Å². The van der Waals surface area contributed by atoms with E-state index in [-0.39, 0.29) is 30.1 Å². The molecule has 6 atom stereocenters. The molecule has 5 heteroatoms. The van der Waals surface area contributed by atoms with Gasteiger partial charge in [0, 0.05) is 32.9 Å². The summed E-state index contributed by atoms with van der Waals surface area (Å²) in [6.45, 7) is 2.16. The molecule has 1 saturated carbocycles. The Morgan fingerprint density at radius 1 is 1.22 bits per heavy atom. The lowest BCUT2D eigenvalue weighted by atomic mass is 9.89. The van der Waals surface area contributed by atoms with Gasteiger partial charge < -0.3 is 19.8 Å². The standard InChI is InChI=1S/C22H39NO4/c1-4-5-6-9-16(24)12-13-18-19-14-17(27-21(19)15-20(18)25)10-7-8-11-22(26)23(2)3/h12-13,16-21,24-25H,4-11,14-15H2,1-3H3/t16-,17-,18+,19+,20+,21-/m0/s1. The molecule has 0 spiro atoms. The van der Waals surface area contributed by atoms with Crippen LogP contribution in [0.3, 0.4) is 0 Å². The fourth-order valence-corrected chi connectivity index (χ4v) is 4.46. The molecule has 1 aliphatic carbocycles. The van der Waals surface area contributed by atoms with Gasteiger partial charge in [-0.3, -0.25) is 4.79 Å². The van der Waals surface area contributed by atoms with Crippen LogP contribution in [0.5, 0.6) is 0 Å². The maximum Gasteiger partial charge on any atom is 0.222 e. The van der Waals surface area contributed by atoms with Crippen LogP contribution in [0.15, 0.2) is 12.2 Å². The highest BCUT2D eigenvalue weighted by molar-refractivity contribution is 5.75. The van der Waals surface area contributed by atoms with E-state index in [1.54, 1.807) is 19.0 Å². The van der Waals surface area contributed by atoms with Gasteiger partial charge in [0.15, 0.2) is 0 Å². The van der Waals surface area contributed by atoms with Gasteiger partial charge in [0.2, 0.25) is 5.91 Å². The number of aliphatic hydroxyl groups is 2. The second kappa shape index (κ2) is 11.2. The number of carbonyl (C=O) groups is 1. The molecule has 0 aromatic carbocycles. The van der Waals surface area contributed by atoms with Crippen molar-refractivity contribution in [3.05, 3.63) is 12.2 Å². The van der Waals surface area contributed by atoms with Crippen molar-refractivity contribution in [2.24, 2.45) is 11.8 Å². The zero-order valence-corrected chi connectivity index (χ0v) is 17.3. The minimum atomic E-state index is -0.407. The summed E-state index contributed by atoms with van der Waals surface area (Å²) >= 11 is 0. The van der Waals surface area contributed by atoms with Gasteiger partial charge in [-0.15, -0.1) is 0 Å². The van der Waals surface area contributed by atoms with E-state index in [1.807, 2.05) is 12.2 Å². The molecule has 156 valence electrons. The van der Waals surface area contributed by atoms with Gasteiger partial charge in [-0.05, 0) is 31.6 Å². The highest BCUT2D eigenvalue weighted by Gasteiger charge is 2.47. The van der Waals surface area contributed by atoms with Gasteiger partial charge in [0.25, 0.3) is 0 Å². The van der Waals surface area contributed by atoms with Crippen molar-refractivity contribution < 1.29 is 19.7 Å². The molecular formula is C22H39NO4. The Balaban J connectivity index is 1.73. The van der Waals surface area contributed by atoms with Crippen molar-refractivity contribution in [1.82, 2.24) is 4.90 Å². The summed E-state index contributed by atoms with van der Waals surface area (Å²) in [6, 6.07) is 0. The van der Waals surface area contributed by atoms with Crippen LogP contribution < -0.4 is 0 Å². The monoisotopic (exact) mass is 381 g/mol. The summed E-state index contributed by atoms with van der Waals surface area (Å²) in [5.74, 6) is 0.633. The topological polar surface area (TPSA) is 70.0 Å². The van der Waals surface area contributed by atoms with Crippen LogP contribution in [0.25, 0.3) is 0 Å². The van der Waals surface area contributed by atoms with Crippen LogP contribution >= 0.6 is 0 Å². The first kappa shape index (κ1) is 22.4. The third-order valence-electron chi connectivity index (χ3n) is 6.12. The van der Waals surface area contributed by atoms with Crippen LogP contribution in [0, 0.1) is 11.8 Å². The van der Waals surface area contributed by atoms with Gasteiger partial charge in [-0.25, -0.2) is 0 Å². The Bertz CT molecular complexity index is 479. The number of carbonyl (C=O) groups excluding carboxylic acids is 1. The lowest BCUT2D eigenvalue weighted by molar-refractivity contribution is -0.128. The number of ether oxygens (including phenoxy) is 1. The van der Waals surface area contributed by atoms with E-state index in [2.05, 4.69) is 6.92 Å². The van der Waals surface area contributed by atoms with E-state index in [4.69, 9.17) is 4.74 Å². The number of nitrogens with zero attached hydrogens (tertiary/aromatic N) is 1. The molecule has 0 radical (unpaired) electrons. The molecule has 2 fully saturated rings. The molecular weight excluding hydrogens is 342 g/mol. The first-order valence-electron chi connectivity index (χ1n) is 10.8. The third kappa shape index (κ3) is 6.88. The minimum absolute atomic E-state index is 0.0937. The number of hydrogen-bond acceptors (Lipinski definition) is 4. The molecule has 1 amide bonds. The number of fused-ring (bicyclic) bond motifs is 1. The van der Waals surface area contributed by atoms with E-state index in [1.165, 1.54) is 0 Å². The first-order valence-corrected chi connectivity index (χ1v) is 10.8. The second-order valence-corrected chi connectivity index (χ2v) is 8.56. The Kier molecular flexibility index (Phi) is 9.27. The number of aliphatic hydroxyl groups excluding tert-OH is 2. The number of rotatable bonds is 11. The molecule has 2 rings (SSSR count). The van der Waals surface area contributed by atoms with Gasteiger partial charge >= 0.3 is 0 Å². The molecule has 27 heavy (non-hydrogen) atoms. The lowest BCUT2D eigenvalue weighted by Gasteiger charge is -2.18. The fourth-order valence-electron chi connectivity index (χ4n) is 4.46. The summed E-state index contributed by atoms with van der Waals surface area (Å²) in [4.78, 5) is 13.3. The Labute approximate surface area is 164 Å². The molecule has 2 N–H and O–H groups in total. The number of hydrogen-bond donors (Lipinski definition) is 2. The van der Waals surface area contributed by atoms with Crippen molar-refractivity contribution in [1.29, 1.82) is 0 Å². The molecule has 2 aliphatic rings. The predicted molar refractivity (Wildman–Crippen MR) is 107 cm³/mol. The summed E-state index contributed by atoms with van der Waals surface area (Å²) in [7, 11) is 3.59. The highest BCUT2D eigenvalue weighted by Crippen LogP contribution is 2.45. The smallest absolute Gasteiger partial charge is 0.222 e. The van der Waals surface area contributed by atoms with Gasteiger partial charge in [-0.1, -0.05) is 44.8 Å². The minimum Gasteiger partial charge on any atom is -0.392 e. The van der Waals surface area contributed by atoms with Crippen molar-refractivity contribution in [3.8, 4) is 0 Å². The molecule has 5 nitrogen and oxygen atoms in total. The number of unbranched alkanes of at least 4 members (excludes halogenated alkanes) is 3. The largest absolute Gasteiger partial charge is 0.392 e. The summed E-state index contributed by atoms with van der Waals surface area (Å²) in [6.07, 6.45) is 12.8. The normalized spacial score (nSPS) is 31.4. The maximum absolute atomic E-state index is 11.6. The van der Waals surface area contributed by atoms with Crippen molar-refractivity contribution >= 4 is 5.91 Å². The molecule has 1 aliphatic heterocycles. The molecule has 0 aromatic heterocycles. The Morgan fingerprint density at radius 2 is 2.00 bits per heavy atom. The second-order valence-electron chi connectivity index (χ2n) is 8.56. The summed E-state index contributed by atoms with van der Waals surface area (Å²) in [5.41, 5.74) is 0. The SMILES string of the molecule is CCCCC[C@H](O)C=C[C@@H]1[C@H]2C[C@H](CCCCC(=O)N(C)C)O[C@H]2C[C@H]1O. The quantitative estimate of drug-likeness (QED) is 0.426. The van der Waals surface area contributed by atoms with Crippen molar-refractivity contribution in [2.75, 3.05) is 14.1 Å². The van der Waals surface area contributed by atoms with Crippen LogP contribution in [0.2, 0.25) is 0 Å². The fraction of sp³-hybridized carbons (Fsp3) is 0.864. The molecule has 0 aromatic rings. The maximum atomic E-state index is 11.6. The highest BCUT2D eigenvalue weighted by atomic mass is 16.5. The average Bonchev–Trinajstić information content (AvgIpc) is 3.13. The Hall–Kier alpha value is -0.910. The van der Waals surface area contributed by atoms with E-state index >= 15 is 0 Å². The number of amides is 1. The summed E-state index contributed by atoms with van der Waals surface area (Å²) in [5, 5.41) is 20.5. The molecule has 0 unspecified atom stereocenters. The van der Waals surface area contributed by atoms with E-state index in [9.17, 15) is 15.0 Å². The van der Waals surface area contributed by atoms with Gasteiger partial charge in [-0.2, -0.15) is 0 Å².